The minimum Gasteiger partial charge on any atom is -0.263 e. The fraction of sp³-hybridized carbons (Fsp3) is 0.0952. The van der Waals surface area contributed by atoms with E-state index in [1.807, 2.05) is 30.3 Å². The largest absolute Gasteiger partial charge is 0.263 e. The van der Waals surface area contributed by atoms with Crippen molar-refractivity contribution in [2.24, 2.45) is 5.14 Å². The molecule has 32 heavy (non-hydrogen) atoms. The van der Waals surface area contributed by atoms with Crippen LogP contribution in [0.2, 0.25) is 0 Å². The summed E-state index contributed by atoms with van der Waals surface area (Å²) in [5.41, 5.74) is 4.71. The van der Waals surface area contributed by atoms with Gasteiger partial charge in [0.2, 0.25) is 20.0 Å². The Morgan fingerprint density at radius 3 is 2.53 bits per heavy atom. The second-order valence-corrected chi connectivity index (χ2v) is 10.6. The van der Waals surface area contributed by atoms with Crippen LogP contribution in [0.15, 0.2) is 72.0 Å². The molecule has 0 saturated heterocycles. The third-order valence-electron chi connectivity index (χ3n) is 4.70. The van der Waals surface area contributed by atoms with Crippen molar-refractivity contribution in [1.82, 2.24) is 19.7 Å². The van der Waals surface area contributed by atoms with Crippen LogP contribution in [0, 0.1) is 0 Å². The van der Waals surface area contributed by atoms with Crippen molar-refractivity contribution in [2.75, 3.05) is 6.26 Å². The van der Waals surface area contributed by atoms with Gasteiger partial charge in [0.15, 0.2) is 0 Å². The van der Waals surface area contributed by atoms with E-state index < -0.39 is 20.0 Å². The molecule has 0 amide bonds. The Labute approximate surface area is 185 Å². The summed E-state index contributed by atoms with van der Waals surface area (Å²) in [4.78, 5) is 12.9. The quantitative estimate of drug-likeness (QED) is 0.439. The molecule has 0 aliphatic carbocycles. The van der Waals surface area contributed by atoms with Gasteiger partial charge in [-0.05, 0) is 41.5 Å². The lowest BCUT2D eigenvalue weighted by Crippen LogP contribution is -2.21. The Bertz CT molecular complexity index is 1540. The van der Waals surface area contributed by atoms with E-state index in [9.17, 15) is 16.8 Å². The smallest absolute Gasteiger partial charge is 0.239 e. The standard InChI is InChI=1S/C21H19N5O4S2/c1-31(27,28)25-11-14-3-2-4-15(9-14)18-7-8-24-20-6-5-19(26-21(18)20)16-10-17(13-23-12-16)32(22,29)30/h2-10,12-13,25H,11H2,1H3,(H2,22,29,30). The van der Waals surface area contributed by atoms with Gasteiger partial charge >= 0.3 is 0 Å². The summed E-state index contributed by atoms with van der Waals surface area (Å²) >= 11 is 0. The Balaban J connectivity index is 1.80. The van der Waals surface area contributed by atoms with Crippen molar-refractivity contribution in [1.29, 1.82) is 0 Å². The first-order valence-corrected chi connectivity index (χ1v) is 12.8. The molecule has 3 heterocycles. The van der Waals surface area contributed by atoms with Crippen LogP contribution in [-0.4, -0.2) is 38.0 Å². The zero-order chi connectivity index (χ0) is 22.9. The predicted molar refractivity (Wildman–Crippen MR) is 121 cm³/mol. The maximum Gasteiger partial charge on any atom is 0.239 e. The van der Waals surface area contributed by atoms with E-state index in [2.05, 4.69) is 14.7 Å². The summed E-state index contributed by atoms with van der Waals surface area (Å²) in [6, 6.07) is 14.2. The van der Waals surface area contributed by atoms with E-state index in [0.717, 1.165) is 22.9 Å². The second kappa shape index (κ2) is 8.36. The molecule has 1 aromatic carbocycles. The van der Waals surface area contributed by atoms with Crippen LogP contribution >= 0.6 is 0 Å². The number of aromatic nitrogens is 3. The highest BCUT2D eigenvalue weighted by Gasteiger charge is 2.13. The molecule has 9 nitrogen and oxygen atoms in total. The Morgan fingerprint density at radius 1 is 0.969 bits per heavy atom. The van der Waals surface area contributed by atoms with Crippen molar-refractivity contribution in [3.63, 3.8) is 0 Å². The average molecular weight is 470 g/mol. The molecule has 0 unspecified atom stereocenters. The number of sulfonamides is 2. The zero-order valence-corrected chi connectivity index (χ0v) is 18.6. The Kier molecular flexibility index (Phi) is 5.73. The van der Waals surface area contributed by atoms with E-state index in [4.69, 9.17) is 10.1 Å². The van der Waals surface area contributed by atoms with Gasteiger partial charge < -0.3 is 0 Å². The number of hydrogen-bond donors (Lipinski definition) is 2. The lowest BCUT2D eigenvalue weighted by Gasteiger charge is -2.10. The molecule has 0 atom stereocenters. The van der Waals surface area contributed by atoms with Gasteiger partial charge in [0.25, 0.3) is 0 Å². The van der Waals surface area contributed by atoms with E-state index in [-0.39, 0.29) is 11.4 Å². The van der Waals surface area contributed by atoms with E-state index in [1.54, 1.807) is 18.3 Å². The van der Waals surface area contributed by atoms with Crippen LogP contribution in [0.3, 0.4) is 0 Å². The number of fused-ring (bicyclic) bond motifs is 1. The number of hydrogen-bond acceptors (Lipinski definition) is 7. The first-order chi connectivity index (χ1) is 15.1. The number of benzene rings is 1. The molecule has 164 valence electrons. The number of nitrogens with one attached hydrogen (secondary N) is 1. The molecule has 0 fully saturated rings. The molecular weight excluding hydrogens is 450 g/mol. The highest BCUT2D eigenvalue weighted by Crippen LogP contribution is 2.29. The predicted octanol–water partition coefficient (Wildman–Crippen LogP) is 2.06. The third kappa shape index (κ3) is 4.97. The van der Waals surface area contributed by atoms with Gasteiger partial charge in [0, 0.05) is 36.3 Å². The van der Waals surface area contributed by atoms with Gasteiger partial charge in [0.1, 0.15) is 4.90 Å². The first-order valence-electron chi connectivity index (χ1n) is 9.38. The summed E-state index contributed by atoms with van der Waals surface area (Å²) in [5.74, 6) is 0. The van der Waals surface area contributed by atoms with Crippen molar-refractivity contribution >= 4 is 31.1 Å². The first kappa shape index (κ1) is 22.0. The summed E-state index contributed by atoms with van der Waals surface area (Å²) in [5, 5.41) is 5.22. The monoisotopic (exact) mass is 469 g/mol. The number of nitrogens with two attached hydrogens (primary N) is 1. The maximum absolute atomic E-state index is 11.7. The van der Waals surface area contributed by atoms with Crippen molar-refractivity contribution < 1.29 is 16.8 Å². The topological polar surface area (TPSA) is 145 Å². The lowest BCUT2D eigenvalue weighted by atomic mass is 10.0. The normalized spacial score (nSPS) is 12.2. The Hall–Kier alpha value is -3.25. The minimum absolute atomic E-state index is 0.102. The number of pyridine rings is 3. The van der Waals surface area contributed by atoms with Gasteiger partial charge in [-0.3, -0.25) is 9.97 Å². The molecule has 4 rings (SSSR count). The van der Waals surface area contributed by atoms with E-state index >= 15 is 0 Å². The maximum atomic E-state index is 11.7. The van der Waals surface area contributed by atoms with Gasteiger partial charge in [-0.1, -0.05) is 18.2 Å². The molecule has 0 spiro atoms. The molecule has 11 heteroatoms. The van der Waals surface area contributed by atoms with Crippen LogP contribution in [-0.2, 0) is 26.6 Å². The van der Waals surface area contributed by atoms with Crippen LogP contribution in [0.25, 0.3) is 33.4 Å². The van der Waals surface area contributed by atoms with Crippen LogP contribution < -0.4 is 9.86 Å². The number of nitrogens with zero attached hydrogens (tertiary/aromatic N) is 3. The van der Waals surface area contributed by atoms with Crippen LogP contribution in [0.4, 0.5) is 0 Å². The highest BCUT2D eigenvalue weighted by atomic mass is 32.2. The number of primary sulfonamides is 1. The lowest BCUT2D eigenvalue weighted by molar-refractivity contribution is 0.587. The Morgan fingerprint density at radius 2 is 1.78 bits per heavy atom. The highest BCUT2D eigenvalue weighted by molar-refractivity contribution is 7.89. The van der Waals surface area contributed by atoms with Gasteiger partial charge in [0.05, 0.1) is 23.0 Å². The fourth-order valence-corrected chi connectivity index (χ4v) is 4.12. The van der Waals surface area contributed by atoms with Gasteiger partial charge in [-0.25, -0.2) is 31.7 Å². The SMILES string of the molecule is CS(=O)(=O)NCc1cccc(-c2ccnc3ccc(-c4cncc(S(N)(=O)=O)c4)nc23)c1. The van der Waals surface area contributed by atoms with Gasteiger partial charge in [-0.15, -0.1) is 0 Å². The molecule has 0 aliphatic rings. The van der Waals surface area contributed by atoms with E-state index in [1.165, 1.54) is 18.5 Å². The molecule has 4 aromatic rings. The summed E-state index contributed by atoms with van der Waals surface area (Å²) < 4.78 is 48.7. The number of rotatable bonds is 6. The van der Waals surface area contributed by atoms with Crippen LogP contribution in [0.5, 0.6) is 0 Å². The summed E-state index contributed by atoms with van der Waals surface area (Å²) in [6.07, 6.45) is 5.47. The van der Waals surface area contributed by atoms with Crippen LogP contribution in [0.1, 0.15) is 5.56 Å². The van der Waals surface area contributed by atoms with Crippen molar-refractivity contribution in [3.8, 4) is 22.4 Å². The minimum atomic E-state index is -3.90. The molecule has 0 bridgehead atoms. The molecule has 0 radical (unpaired) electrons. The molecular formula is C21H19N5O4S2. The molecule has 0 aliphatic heterocycles. The zero-order valence-electron chi connectivity index (χ0n) is 16.9. The molecule has 3 aromatic heterocycles. The average Bonchev–Trinajstić information content (AvgIpc) is 2.76. The van der Waals surface area contributed by atoms with Crippen molar-refractivity contribution in [2.45, 2.75) is 11.4 Å². The van der Waals surface area contributed by atoms with Gasteiger partial charge in [-0.2, -0.15) is 0 Å². The summed E-state index contributed by atoms with van der Waals surface area (Å²) in [7, 11) is -7.21. The molecule has 3 N–H and O–H groups in total. The fourth-order valence-electron chi connectivity index (χ4n) is 3.20. The molecule has 0 saturated carbocycles. The second-order valence-electron chi connectivity index (χ2n) is 7.17. The third-order valence-corrected chi connectivity index (χ3v) is 6.25. The summed E-state index contributed by atoms with van der Waals surface area (Å²) in [6.45, 7) is 0.167. The van der Waals surface area contributed by atoms with E-state index in [0.29, 0.717) is 22.3 Å². The van der Waals surface area contributed by atoms with Crippen molar-refractivity contribution in [3.05, 3.63) is 72.7 Å².